The number of H-pyrrole nitrogens is 1. The molecule has 0 unspecified atom stereocenters. The van der Waals surface area contributed by atoms with Crippen molar-refractivity contribution >= 4 is 0 Å². The second-order valence-corrected chi connectivity index (χ2v) is 5.18. The molecule has 5 nitrogen and oxygen atoms in total. The van der Waals surface area contributed by atoms with E-state index in [0.717, 1.165) is 5.69 Å². The molecule has 0 aliphatic heterocycles. The van der Waals surface area contributed by atoms with Crippen molar-refractivity contribution in [1.82, 2.24) is 15.3 Å². The van der Waals surface area contributed by atoms with Gasteiger partial charge < -0.3 is 15.0 Å². The Morgan fingerprint density at radius 3 is 2.89 bits per heavy atom. The average Bonchev–Trinajstić information content (AvgIpc) is 3.09. The van der Waals surface area contributed by atoms with E-state index in [1.54, 1.807) is 6.07 Å². The standard InChI is InChI=1S/C13H21N3O2/c1-4-18-13(2,3)12-15-10(7-11(17)16-12)8-14-9-5-6-9/h7,9,14H,4-6,8H2,1-3H3,(H,15,16,17). The first-order valence-electron chi connectivity index (χ1n) is 6.49. The minimum absolute atomic E-state index is 0.125. The van der Waals surface area contributed by atoms with Crippen LogP contribution in [0.5, 0.6) is 0 Å². The second-order valence-electron chi connectivity index (χ2n) is 5.18. The first-order valence-corrected chi connectivity index (χ1v) is 6.49. The molecule has 0 radical (unpaired) electrons. The van der Waals surface area contributed by atoms with Crippen molar-refractivity contribution in [3.63, 3.8) is 0 Å². The summed E-state index contributed by atoms with van der Waals surface area (Å²) in [6, 6.07) is 2.15. The van der Waals surface area contributed by atoms with Crippen LogP contribution in [0.2, 0.25) is 0 Å². The van der Waals surface area contributed by atoms with Gasteiger partial charge in [0.1, 0.15) is 11.4 Å². The highest BCUT2D eigenvalue weighted by atomic mass is 16.5. The lowest BCUT2D eigenvalue weighted by Gasteiger charge is -2.23. The van der Waals surface area contributed by atoms with Crippen LogP contribution < -0.4 is 10.9 Å². The van der Waals surface area contributed by atoms with Crippen LogP contribution in [0.4, 0.5) is 0 Å². The Balaban J connectivity index is 2.16. The first kappa shape index (κ1) is 13.2. The topological polar surface area (TPSA) is 67.0 Å². The zero-order chi connectivity index (χ0) is 13.2. The Bertz CT molecular complexity index is 464. The van der Waals surface area contributed by atoms with Crippen molar-refractivity contribution in [2.24, 2.45) is 0 Å². The van der Waals surface area contributed by atoms with Gasteiger partial charge in [0.15, 0.2) is 0 Å². The molecule has 1 aromatic heterocycles. The predicted molar refractivity (Wildman–Crippen MR) is 69.4 cm³/mol. The van der Waals surface area contributed by atoms with Gasteiger partial charge in [-0.1, -0.05) is 0 Å². The number of aromatic amines is 1. The third-order valence-corrected chi connectivity index (χ3v) is 3.02. The van der Waals surface area contributed by atoms with Gasteiger partial charge in [-0.2, -0.15) is 0 Å². The normalized spacial score (nSPS) is 15.9. The van der Waals surface area contributed by atoms with E-state index in [2.05, 4.69) is 15.3 Å². The van der Waals surface area contributed by atoms with Crippen LogP contribution in [-0.4, -0.2) is 22.6 Å². The van der Waals surface area contributed by atoms with Crippen LogP contribution in [0, 0.1) is 0 Å². The largest absolute Gasteiger partial charge is 0.368 e. The first-order chi connectivity index (χ1) is 8.51. The summed E-state index contributed by atoms with van der Waals surface area (Å²) in [5.74, 6) is 0.587. The molecule has 0 bridgehead atoms. The SMILES string of the molecule is CCOC(C)(C)c1nc(CNC2CC2)cc(=O)[nH]1. The van der Waals surface area contributed by atoms with Gasteiger partial charge in [0.05, 0.1) is 5.69 Å². The van der Waals surface area contributed by atoms with E-state index in [-0.39, 0.29) is 5.56 Å². The third kappa shape index (κ3) is 3.40. The molecule has 1 heterocycles. The molecule has 1 aromatic rings. The van der Waals surface area contributed by atoms with E-state index >= 15 is 0 Å². The van der Waals surface area contributed by atoms with Gasteiger partial charge in [-0.3, -0.25) is 4.79 Å². The van der Waals surface area contributed by atoms with Gasteiger partial charge in [-0.25, -0.2) is 4.98 Å². The second kappa shape index (κ2) is 5.20. The molecule has 5 heteroatoms. The minimum Gasteiger partial charge on any atom is -0.368 e. The number of rotatable bonds is 6. The van der Waals surface area contributed by atoms with Crippen LogP contribution in [0.25, 0.3) is 0 Å². The van der Waals surface area contributed by atoms with Crippen molar-refractivity contribution in [2.75, 3.05) is 6.61 Å². The Labute approximate surface area is 107 Å². The highest BCUT2D eigenvalue weighted by Crippen LogP contribution is 2.21. The number of hydrogen-bond acceptors (Lipinski definition) is 4. The summed E-state index contributed by atoms with van der Waals surface area (Å²) in [5.41, 5.74) is 0.0811. The van der Waals surface area contributed by atoms with Crippen LogP contribution in [-0.2, 0) is 16.9 Å². The summed E-state index contributed by atoms with van der Waals surface area (Å²) in [7, 11) is 0. The lowest BCUT2D eigenvalue weighted by atomic mass is 10.1. The maximum absolute atomic E-state index is 11.6. The molecule has 1 aliphatic carbocycles. The molecule has 100 valence electrons. The van der Waals surface area contributed by atoms with E-state index < -0.39 is 5.60 Å². The Kier molecular flexibility index (Phi) is 3.82. The maximum Gasteiger partial charge on any atom is 0.251 e. The Morgan fingerprint density at radius 2 is 2.28 bits per heavy atom. The number of ether oxygens (including phenoxy) is 1. The molecule has 0 atom stereocenters. The zero-order valence-electron chi connectivity index (χ0n) is 11.2. The lowest BCUT2D eigenvalue weighted by molar-refractivity contribution is -0.0211. The van der Waals surface area contributed by atoms with Crippen molar-refractivity contribution in [3.05, 3.63) is 27.9 Å². The lowest BCUT2D eigenvalue weighted by Crippen LogP contribution is -2.29. The summed E-state index contributed by atoms with van der Waals surface area (Å²) in [6.07, 6.45) is 2.45. The van der Waals surface area contributed by atoms with Crippen molar-refractivity contribution in [2.45, 2.75) is 51.8 Å². The van der Waals surface area contributed by atoms with E-state index in [0.29, 0.717) is 25.0 Å². The molecule has 1 aliphatic rings. The molecular formula is C13H21N3O2. The molecule has 2 rings (SSSR count). The molecule has 0 spiro atoms. The fourth-order valence-electron chi connectivity index (χ4n) is 1.85. The van der Waals surface area contributed by atoms with E-state index in [1.165, 1.54) is 12.8 Å². The predicted octanol–water partition coefficient (Wildman–Crippen LogP) is 1.29. The van der Waals surface area contributed by atoms with Crippen molar-refractivity contribution < 1.29 is 4.74 Å². The molecule has 0 saturated heterocycles. The van der Waals surface area contributed by atoms with E-state index in [1.807, 2.05) is 20.8 Å². The molecule has 0 aromatic carbocycles. The van der Waals surface area contributed by atoms with Crippen LogP contribution in [0.1, 0.15) is 45.1 Å². The van der Waals surface area contributed by atoms with Gasteiger partial charge in [0, 0.05) is 25.3 Å². The molecular weight excluding hydrogens is 230 g/mol. The van der Waals surface area contributed by atoms with Gasteiger partial charge in [0.25, 0.3) is 5.56 Å². The smallest absolute Gasteiger partial charge is 0.251 e. The molecule has 0 amide bonds. The number of nitrogens with one attached hydrogen (secondary N) is 2. The summed E-state index contributed by atoms with van der Waals surface area (Å²) in [5, 5.41) is 3.35. The number of nitrogens with zero attached hydrogens (tertiary/aromatic N) is 1. The fourth-order valence-corrected chi connectivity index (χ4v) is 1.85. The summed E-state index contributed by atoms with van der Waals surface area (Å²) in [4.78, 5) is 18.9. The highest BCUT2D eigenvalue weighted by Gasteiger charge is 2.25. The number of aromatic nitrogens is 2. The molecule has 18 heavy (non-hydrogen) atoms. The third-order valence-electron chi connectivity index (χ3n) is 3.02. The average molecular weight is 251 g/mol. The van der Waals surface area contributed by atoms with Crippen LogP contribution >= 0.6 is 0 Å². The summed E-state index contributed by atoms with van der Waals surface area (Å²) in [6.45, 7) is 6.98. The summed E-state index contributed by atoms with van der Waals surface area (Å²) >= 11 is 0. The van der Waals surface area contributed by atoms with Crippen molar-refractivity contribution in [1.29, 1.82) is 0 Å². The quantitative estimate of drug-likeness (QED) is 0.799. The Hall–Kier alpha value is -1.20. The van der Waals surface area contributed by atoms with Gasteiger partial charge in [-0.05, 0) is 33.6 Å². The van der Waals surface area contributed by atoms with E-state index in [9.17, 15) is 4.79 Å². The van der Waals surface area contributed by atoms with Gasteiger partial charge >= 0.3 is 0 Å². The fraction of sp³-hybridized carbons (Fsp3) is 0.692. The highest BCUT2D eigenvalue weighted by molar-refractivity contribution is 5.07. The van der Waals surface area contributed by atoms with Gasteiger partial charge in [-0.15, -0.1) is 0 Å². The molecule has 1 saturated carbocycles. The zero-order valence-corrected chi connectivity index (χ0v) is 11.2. The van der Waals surface area contributed by atoms with E-state index in [4.69, 9.17) is 4.74 Å². The van der Waals surface area contributed by atoms with Gasteiger partial charge in [0.2, 0.25) is 0 Å². The Morgan fingerprint density at radius 1 is 1.56 bits per heavy atom. The monoisotopic (exact) mass is 251 g/mol. The summed E-state index contributed by atoms with van der Waals surface area (Å²) < 4.78 is 5.61. The van der Waals surface area contributed by atoms with Crippen LogP contribution in [0.3, 0.4) is 0 Å². The number of hydrogen-bond donors (Lipinski definition) is 2. The molecule has 1 fully saturated rings. The maximum atomic E-state index is 11.6. The van der Waals surface area contributed by atoms with Crippen molar-refractivity contribution in [3.8, 4) is 0 Å². The van der Waals surface area contributed by atoms with Crippen LogP contribution in [0.15, 0.2) is 10.9 Å². The molecule has 2 N–H and O–H groups in total. The minimum atomic E-state index is -0.566.